The summed E-state index contributed by atoms with van der Waals surface area (Å²) in [5, 5.41) is 19.7. The van der Waals surface area contributed by atoms with E-state index in [0.717, 1.165) is 5.56 Å². The molecule has 0 saturated heterocycles. The van der Waals surface area contributed by atoms with Crippen molar-refractivity contribution >= 4 is 5.97 Å². The Hall–Kier alpha value is -1.78. The summed E-state index contributed by atoms with van der Waals surface area (Å²) in [6, 6.07) is 0. The zero-order chi connectivity index (χ0) is 13.9. The number of phenols is 2. The van der Waals surface area contributed by atoms with E-state index in [2.05, 4.69) is 4.94 Å². The summed E-state index contributed by atoms with van der Waals surface area (Å²) in [6.45, 7) is 5.49. The lowest BCUT2D eigenvalue weighted by Gasteiger charge is -2.18. The van der Waals surface area contributed by atoms with E-state index in [0.29, 0.717) is 30.4 Å². The summed E-state index contributed by atoms with van der Waals surface area (Å²) >= 11 is 0. The third kappa shape index (κ3) is 2.12. The molecule has 1 aromatic rings. The van der Waals surface area contributed by atoms with Gasteiger partial charge in [-0.3, -0.25) is 0 Å². The summed E-state index contributed by atoms with van der Waals surface area (Å²) in [6.07, 6.45) is 1.53. The molecular formula is C13H17FO4. The van der Waals surface area contributed by atoms with Crippen LogP contribution in [0.2, 0.25) is 0 Å². The van der Waals surface area contributed by atoms with Crippen LogP contribution in [0.15, 0.2) is 0 Å². The van der Waals surface area contributed by atoms with Crippen molar-refractivity contribution in [2.24, 2.45) is 0 Å². The van der Waals surface area contributed by atoms with Gasteiger partial charge in [-0.25, -0.2) is 9.74 Å². The number of carbonyl (C=O) groups is 1. The molecule has 0 spiro atoms. The van der Waals surface area contributed by atoms with Gasteiger partial charge in [0.15, 0.2) is 11.5 Å². The van der Waals surface area contributed by atoms with Crippen molar-refractivity contribution in [3.63, 3.8) is 0 Å². The SMILES string of the molecule is CCc1c(O)c(O)c(C(=O)OF)c(CC)c1CC. The molecule has 0 atom stereocenters. The quantitative estimate of drug-likeness (QED) is 0.813. The van der Waals surface area contributed by atoms with Gasteiger partial charge in [0.25, 0.3) is 0 Å². The van der Waals surface area contributed by atoms with Gasteiger partial charge in [-0.1, -0.05) is 20.8 Å². The Morgan fingerprint density at radius 1 is 1.00 bits per heavy atom. The molecule has 0 aliphatic carbocycles. The number of hydrogen-bond acceptors (Lipinski definition) is 4. The normalized spacial score (nSPS) is 10.4. The second kappa shape index (κ2) is 5.71. The molecule has 1 aromatic carbocycles. The van der Waals surface area contributed by atoms with Crippen molar-refractivity contribution in [3.05, 3.63) is 22.3 Å². The van der Waals surface area contributed by atoms with Gasteiger partial charge in [-0.2, -0.15) is 0 Å². The molecule has 0 aliphatic rings. The molecule has 100 valence electrons. The minimum Gasteiger partial charge on any atom is -0.504 e. The summed E-state index contributed by atoms with van der Waals surface area (Å²) in [4.78, 5) is 14.5. The lowest BCUT2D eigenvalue weighted by Crippen LogP contribution is -2.10. The number of halogens is 1. The van der Waals surface area contributed by atoms with Crippen LogP contribution in [0.4, 0.5) is 4.53 Å². The highest BCUT2D eigenvalue weighted by Gasteiger charge is 2.26. The van der Waals surface area contributed by atoms with Crippen molar-refractivity contribution in [2.45, 2.75) is 40.0 Å². The van der Waals surface area contributed by atoms with E-state index in [4.69, 9.17) is 0 Å². The molecule has 0 radical (unpaired) electrons. The van der Waals surface area contributed by atoms with Crippen LogP contribution in [0.1, 0.15) is 47.8 Å². The fourth-order valence-corrected chi connectivity index (χ4v) is 2.34. The van der Waals surface area contributed by atoms with E-state index in [1.54, 1.807) is 6.92 Å². The Kier molecular flexibility index (Phi) is 4.53. The number of aromatic hydroxyl groups is 2. The van der Waals surface area contributed by atoms with E-state index in [-0.39, 0.29) is 11.3 Å². The van der Waals surface area contributed by atoms with Crippen LogP contribution >= 0.6 is 0 Å². The van der Waals surface area contributed by atoms with Crippen molar-refractivity contribution in [1.29, 1.82) is 0 Å². The number of carbonyl (C=O) groups excluding carboxylic acids is 1. The van der Waals surface area contributed by atoms with Gasteiger partial charge in [-0.05, 0) is 30.4 Å². The topological polar surface area (TPSA) is 66.8 Å². The molecule has 2 N–H and O–H groups in total. The first-order chi connectivity index (χ1) is 8.53. The lowest BCUT2D eigenvalue weighted by atomic mass is 9.89. The first kappa shape index (κ1) is 14.3. The van der Waals surface area contributed by atoms with Gasteiger partial charge < -0.3 is 10.2 Å². The fraction of sp³-hybridized carbons (Fsp3) is 0.462. The minimum atomic E-state index is -1.28. The third-order valence-corrected chi connectivity index (χ3v) is 3.11. The van der Waals surface area contributed by atoms with E-state index >= 15 is 0 Å². The van der Waals surface area contributed by atoms with Gasteiger partial charge in [-0.15, -0.1) is 0 Å². The Balaban J connectivity index is 3.71. The molecule has 0 amide bonds. The number of benzene rings is 1. The second-order valence-electron chi connectivity index (χ2n) is 3.93. The van der Waals surface area contributed by atoms with E-state index < -0.39 is 11.7 Å². The average molecular weight is 256 g/mol. The maximum Gasteiger partial charge on any atom is 0.383 e. The first-order valence-electron chi connectivity index (χ1n) is 5.94. The molecule has 0 unspecified atom stereocenters. The number of rotatable bonds is 4. The molecule has 18 heavy (non-hydrogen) atoms. The highest BCUT2D eigenvalue weighted by molar-refractivity contribution is 5.95. The minimum absolute atomic E-state index is 0.286. The Bertz CT molecular complexity index is 469. The largest absolute Gasteiger partial charge is 0.504 e. The smallest absolute Gasteiger partial charge is 0.383 e. The number of phenolic OH excluding ortho intramolecular Hbond substituents is 2. The molecule has 0 saturated carbocycles. The predicted octanol–water partition coefficient (Wildman–Crippen LogP) is 2.83. The maximum absolute atomic E-state index is 12.1. The molecular weight excluding hydrogens is 239 g/mol. The Morgan fingerprint density at radius 3 is 1.89 bits per heavy atom. The van der Waals surface area contributed by atoms with E-state index in [1.165, 1.54) is 0 Å². The maximum atomic E-state index is 12.1. The first-order valence-corrected chi connectivity index (χ1v) is 5.94. The van der Waals surface area contributed by atoms with Crippen molar-refractivity contribution in [1.82, 2.24) is 0 Å². The standard InChI is InChI=1S/C13H17FO4/c1-4-7-8(5-2)10(13(17)18-14)12(16)11(15)9(7)6-3/h15-16H,4-6H2,1-3H3. The molecule has 0 aromatic heterocycles. The Morgan fingerprint density at radius 2 is 1.50 bits per heavy atom. The van der Waals surface area contributed by atoms with Crippen LogP contribution in [-0.2, 0) is 24.2 Å². The molecule has 0 aliphatic heterocycles. The van der Waals surface area contributed by atoms with Crippen LogP contribution in [0, 0.1) is 0 Å². The van der Waals surface area contributed by atoms with Gasteiger partial charge in [0.05, 0.1) is 0 Å². The molecule has 5 heteroatoms. The summed E-state index contributed by atoms with van der Waals surface area (Å²) < 4.78 is 12.1. The average Bonchev–Trinajstić information content (AvgIpc) is 2.39. The molecule has 0 fully saturated rings. The zero-order valence-corrected chi connectivity index (χ0v) is 10.7. The molecule has 0 heterocycles. The van der Waals surface area contributed by atoms with Gasteiger partial charge in [0.2, 0.25) is 0 Å². The summed E-state index contributed by atoms with van der Waals surface area (Å²) in [5.41, 5.74) is 1.58. The summed E-state index contributed by atoms with van der Waals surface area (Å²) in [7, 11) is 0. The highest BCUT2D eigenvalue weighted by Crippen LogP contribution is 2.39. The van der Waals surface area contributed by atoms with Crippen molar-refractivity contribution in [3.8, 4) is 11.5 Å². The van der Waals surface area contributed by atoms with Crippen LogP contribution in [-0.4, -0.2) is 16.2 Å². The predicted molar refractivity (Wildman–Crippen MR) is 64.4 cm³/mol. The van der Waals surface area contributed by atoms with Gasteiger partial charge in [0, 0.05) is 10.1 Å². The van der Waals surface area contributed by atoms with Gasteiger partial charge >= 0.3 is 5.97 Å². The Labute approximate surface area is 105 Å². The van der Waals surface area contributed by atoms with Crippen LogP contribution in [0.3, 0.4) is 0 Å². The second-order valence-corrected chi connectivity index (χ2v) is 3.93. The number of hydrogen-bond donors (Lipinski definition) is 2. The third-order valence-electron chi connectivity index (χ3n) is 3.11. The fourth-order valence-electron chi connectivity index (χ4n) is 2.34. The van der Waals surface area contributed by atoms with Crippen LogP contribution in [0.25, 0.3) is 0 Å². The van der Waals surface area contributed by atoms with Crippen molar-refractivity contribution in [2.75, 3.05) is 0 Å². The van der Waals surface area contributed by atoms with Crippen molar-refractivity contribution < 1.29 is 24.5 Å². The summed E-state index contributed by atoms with van der Waals surface area (Å²) in [5.74, 6) is -2.26. The van der Waals surface area contributed by atoms with Crippen LogP contribution < -0.4 is 0 Å². The lowest BCUT2D eigenvalue weighted by molar-refractivity contribution is -0.0791. The zero-order valence-electron chi connectivity index (χ0n) is 10.7. The molecule has 0 bridgehead atoms. The van der Waals surface area contributed by atoms with E-state index in [1.807, 2.05) is 13.8 Å². The monoisotopic (exact) mass is 256 g/mol. The van der Waals surface area contributed by atoms with Crippen LogP contribution in [0.5, 0.6) is 11.5 Å². The molecule has 4 nitrogen and oxygen atoms in total. The van der Waals surface area contributed by atoms with E-state index in [9.17, 15) is 19.5 Å². The highest BCUT2D eigenvalue weighted by atomic mass is 19.3. The molecule has 1 rings (SSSR count). The van der Waals surface area contributed by atoms with Gasteiger partial charge in [0.1, 0.15) is 5.56 Å².